The van der Waals surface area contributed by atoms with Gasteiger partial charge < -0.3 is 9.64 Å². The van der Waals surface area contributed by atoms with Crippen LogP contribution < -0.4 is 4.90 Å². The summed E-state index contributed by atoms with van der Waals surface area (Å²) < 4.78 is 8.94. The highest BCUT2D eigenvalue weighted by molar-refractivity contribution is 7.09. The Kier molecular flexibility index (Phi) is 3.38. The number of anilines is 1. The van der Waals surface area contributed by atoms with Gasteiger partial charge in [-0.25, -0.2) is 4.98 Å². The van der Waals surface area contributed by atoms with E-state index in [1.54, 1.807) is 0 Å². The molecule has 1 aliphatic heterocycles. The molecule has 1 aromatic rings. The van der Waals surface area contributed by atoms with Crippen LogP contribution in [-0.2, 0) is 9.53 Å². The molecule has 0 N–H and O–H groups in total. The Bertz CT molecular complexity index is 380. The Labute approximate surface area is 98.6 Å². The van der Waals surface area contributed by atoms with Crippen LogP contribution in [0.4, 0.5) is 5.13 Å². The second-order valence-electron chi connectivity index (χ2n) is 3.93. The van der Waals surface area contributed by atoms with E-state index in [-0.39, 0.29) is 11.9 Å². The maximum atomic E-state index is 11.5. The molecule has 2 rings (SSSR count). The van der Waals surface area contributed by atoms with Crippen LogP contribution in [0, 0.1) is 12.8 Å². The first-order valence-corrected chi connectivity index (χ1v) is 6.11. The third-order valence-electron chi connectivity index (χ3n) is 2.74. The zero-order valence-corrected chi connectivity index (χ0v) is 10.3. The Morgan fingerprint density at radius 1 is 1.62 bits per heavy atom. The average molecular weight is 241 g/mol. The number of aryl methyl sites for hydroxylation is 1. The maximum absolute atomic E-state index is 11.5. The summed E-state index contributed by atoms with van der Waals surface area (Å²) in [5.41, 5.74) is 0. The lowest BCUT2D eigenvalue weighted by molar-refractivity contribution is -0.145. The van der Waals surface area contributed by atoms with Gasteiger partial charge in [0.1, 0.15) is 5.82 Å². The van der Waals surface area contributed by atoms with Gasteiger partial charge in [-0.3, -0.25) is 4.79 Å². The van der Waals surface area contributed by atoms with Crippen molar-refractivity contribution >= 4 is 22.6 Å². The molecule has 1 aromatic heterocycles. The number of carbonyl (C=O) groups is 1. The first-order chi connectivity index (χ1) is 7.70. The minimum absolute atomic E-state index is 0.0250. The molecule has 1 fully saturated rings. The Hall–Kier alpha value is -1.17. The van der Waals surface area contributed by atoms with Crippen molar-refractivity contribution in [3.8, 4) is 0 Å². The topological polar surface area (TPSA) is 55.3 Å². The number of hydrogen-bond donors (Lipinski definition) is 0. The normalized spacial score (nSPS) is 20.9. The van der Waals surface area contributed by atoms with Crippen LogP contribution in [0.15, 0.2) is 0 Å². The number of aromatic nitrogens is 2. The van der Waals surface area contributed by atoms with Gasteiger partial charge in [0.15, 0.2) is 0 Å². The zero-order valence-electron chi connectivity index (χ0n) is 9.47. The van der Waals surface area contributed by atoms with Crippen LogP contribution in [0.3, 0.4) is 0 Å². The van der Waals surface area contributed by atoms with Crippen molar-refractivity contribution in [3.05, 3.63) is 5.82 Å². The summed E-state index contributed by atoms with van der Waals surface area (Å²) in [4.78, 5) is 17.9. The van der Waals surface area contributed by atoms with E-state index in [9.17, 15) is 4.79 Å². The molecule has 5 nitrogen and oxygen atoms in total. The number of ether oxygens (including phenoxy) is 1. The quantitative estimate of drug-likeness (QED) is 0.729. The number of piperidine rings is 1. The van der Waals surface area contributed by atoms with Gasteiger partial charge in [-0.15, -0.1) is 0 Å². The number of rotatable bonds is 2. The number of carbonyl (C=O) groups excluding carboxylic acids is 1. The van der Waals surface area contributed by atoms with E-state index in [0.29, 0.717) is 6.54 Å². The minimum Gasteiger partial charge on any atom is -0.469 e. The largest absolute Gasteiger partial charge is 0.469 e. The summed E-state index contributed by atoms with van der Waals surface area (Å²) in [7, 11) is 1.44. The van der Waals surface area contributed by atoms with Crippen molar-refractivity contribution < 1.29 is 9.53 Å². The maximum Gasteiger partial charge on any atom is 0.310 e. The molecule has 1 atom stereocenters. The SMILES string of the molecule is COC(=O)C1CCCN(c2nc(C)ns2)C1. The van der Waals surface area contributed by atoms with Gasteiger partial charge in [-0.05, 0) is 19.8 Å². The molecule has 88 valence electrons. The Morgan fingerprint density at radius 3 is 3.06 bits per heavy atom. The van der Waals surface area contributed by atoms with Crippen LogP contribution in [-0.4, -0.2) is 35.5 Å². The molecule has 0 saturated carbocycles. The monoisotopic (exact) mass is 241 g/mol. The second-order valence-corrected chi connectivity index (χ2v) is 4.66. The van der Waals surface area contributed by atoms with E-state index in [4.69, 9.17) is 4.74 Å². The van der Waals surface area contributed by atoms with Crippen molar-refractivity contribution in [1.82, 2.24) is 9.36 Å². The molecule has 0 aliphatic carbocycles. The predicted octanol–water partition coefficient (Wildman–Crippen LogP) is 1.24. The number of methoxy groups -OCH3 is 1. The van der Waals surface area contributed by atoms with Gasteiger partial charge in [0, 0.05) is 24.6 Å². The summed E-state index contributed by atoms with van der Waals surface area (Å²) >= 11 is 1.39. The van der Waals surface area contributed by atoms with Crippen LogP contribution in [0.1, 0.15) is 18.7 Å². The highest BCUT2D eigenvalue weighted by Gasteiger charge is 2.27. The lowest BCUT2D eigenvalue weighted by atomic mass is 9.99. The summed E-state index contributed by atoms with van der Waals surface area (Å²) in [5, 5.41) is 0.908. The molecule has 6 heteroatoms. The van der Waals surface area contributed by atoms with E-state index in [0.717, 1.165) is 30.3 Å². The lowest BCUT2D eigenvalue weighted by Gasteiger charge is -2.30. The van der Waals surface area contributed by atoms with Crippen LogP contribution >= 0.6 is 11.5 Å². The smallest absolute Gasteiger partial charge is 0.310 e. The number of hydrogen-bond acceptors (Lipinski definition) is 6. The van der Waals surface area contributed by atoms with Crippen LogP contribution in [0.25, 0.3) is 0 Å². The molecule has 1 aliphatic rings. The summed E-state index contributed by atoms with van der Waals surface area (Å²) in [6.07, 6.45) is 1.90. The molecule has 1 saturated heterocycles. The molecule has 0 radical (unpaired) electrons. The van der Waals surface area contributed by atoms with Crippen molar-refractivity contribution in [2.45, 2.75) is 19.8 Å². The fraction of sp³-hybridized carbons (Fsp3) is 0.700. The van der Waals surface area contributed by atoms with Crippen LogP contribution in [0.2, 0.25) is 0 Å². The number of esters is 1. The fourth-order valence-electron chi connectivity index (χ4n) is 1.92. The Balaban J connectivity index is 2.04. The molecule has 16 heavy (non-hydrogen) atoms. The second kappa shape index (κ2) is 4.78. The van der Waals surface area contributed by atoms with Gasteiger partial charge in [0.2, 0.25) is 5.13 Å². The van der Waals surface area contributed by atoms with Crippen LogP contribution in [0.5, 0.6) is 0 Å². The van der Waals surface area contributed by atoms with Crippen molar-refractivity contribution in [2.75, 3.05) is 25.1 Å². The third-order valence-corrected chi connectivity index (χ3v) is 3.61. The first kappa shape index (κ1) is 11.3. The molecule has 0 aromatic carbocycles. The minimum atomic E-state index is -0.120. The fourth-order valence-corrected chi connectivity index (χ4v) is 2.63. The van der Waals surface area contributed by atoms with Gasteiger partial charge in [-0.2, -0.15) is 4.37 Å². The zero-order chi connectivity index (χ0) is 11.5. The summed E-state index contributed by atoms with van der Waals surface area (Å²) in [5.74, 6) is 0.647. The molecular weight excluding hydrogens is 226 g/mol. The first-order valence-electron chi connectivity index (χ1n) is 5.34. The highest BCUT2D eigenvalue weighted by Crippen LogP contribution is 2.24. The van der Waals surface area contributed by atoms with E-state index in [2.05, 4.69) is 14.3 Å². The van der Waals surface area contributed by atoms with Crippen molar-refractivity contribution in [2.24, 2.45) is 5.92 Å². The van der Waals surface area contributed by atoms with Gasteiger partial charge in [0.25, 0.3) is 0 Å². The lowest BCUT2D eigenvalue weighted by Crippen LogP contribution is -2.39. The molecule has 0 spiro atoms. The van der Waals surface area contributed by atoms with E-state index in [1.807, 2.05) is 6.92 Å². The highest BCUT2D eigenvalue weighted by atomic mass is 32.1. The molecule has 0 amide bonds. The summed E-state index contributed by atoms with van der Waals surface area (Å²) in [6.45, 7) is 3.52. The van der Waals surface area contributed by atoms with Gasteiger partial charge in [-0.1, -0.05) is 0 Å². The average Bonchev–Trinajstić information content (AvgIpc) is 2.75. The van der Waals surface area contributed by atoms with Crippen molar-refractivity contribution in [3.63, 3.8) is 0 Å². The van der Waals surface area contributed by atoms with E-state index in [1.165, 1.54) is 18.6 Å². The van der Waals surface area contributed by atoms with E-state index >= 15 is 0 Å². The Morgan fingerprint density at radius 2 is 2.44 bits per heavy atom. The molecule has 0 bridgehead atoms. The standard InChI is InChI=1S/C10H15N3O2S/c1-7-11-10(16-12-7)13-5-3-4-8(6-13)9(14)15-2/h8H,3-6H2,1-2H3. The van der Waals surface area contributed by atoms with E-state index < -0.39 is 0 Å². The molecule has 2 heterocycles. The molecular formula is C10H15N3O2S. The van der Waals surface area contributed by atoms with Gasteiger partial charge >= 0.3 is 5.97 Å². The predicted molar refractivity (Wildman–Crippen MR) is 61.6 cm³/mol. The van der Waals surface area contributed by atoms with Gasteiger partial charge in [0.05, 0.1) is 13.0 Å². The third kappa shape index (κ3) is 2.32. The van der Waals surface area contributed by atoms with Crippen molar-refractivity contribution in [1.29, 1.82) is 0 Å². The number of nitrogens with zero attached hydrogens (tertiary/aromatic N) is 3. The molecule has 1 unspecified atom stereocenters. The summed E-state index contributed by atoms with van der Waals surface area (Å²) in [6, 6.07) is 0.